The van der Waals surface area contributed by atoms with Crippen LogP contribution >= 0.6 is 0 Å². The second-order valence-electron chi connectivity index (χ2n) is 11.3. The normalized spacial score (nSPS) is 22.2. The summed E-state index contributed by atoms with van der Waals surface area (Å²) in [5, 5.41) is 3.09. The molecule has 6 rings (SSSR count). The summed E-state index contributed by atoms with van der Waals surface area (Å²) in [6, 6.07) is 20.9. The van der Waals surface area contributed by atoms with Crippen LogP contribution in [0.25, 0.3) is 22.4 Å². The zero-order valence-corrected chi connectivity index (χ0v) is 22.3. The number of rotatable bonds is 7. The lowest BCUT2D eigenvalue weighted by atomic mass is 9.72. The van der Waals surface area contributed by atoms with Crippen LogP contribution in [0.1, 0.15) is 56.9 Å². The highest BCUT2D eigenvalue weighted by Crippen LogP contribution is 2.40. The van der Waals surface area contributed by atoms with E-state index < -0.39 is 0 Å². The highest BCUT2D eigenvalue weighted by molar-refractivity contribution is 5.93. The Labute approximate surface area is 229 Å². The maximum absolute atomic E-state index is 13.0. The number of nitrogens with one attached hydrogen (secondary N) is 1. The Balaban J connectivity index is 1.15. The van der Waals surface area contributed by atoms with Crippen molar-refractivity contribution in [1.82, 2.24) is 9.88 Å². The number of nitrogens with zero attached hydrogens (tertiary/aromatic N) is 2. The predicted molar refractivity (Wildman–Crippen MR) is 152 cm³/mol. The molecule has 0 atom stereocenters. The van der Waals surface area contributed by atoms with Crippen molar-refractivity contribution in [3.63, 3.8) is 0 Å². The first-order valence-electron chi connectivity index (χ1n) is 14.2. The standard InChI is InChI=1S/C32H36N4O3/c33-32(15-4-16-32)25-11-9-24(10-12-25)30-28(23-5-2-1-3-6-23)20-26(21-34-30)35-29(37)19-22-7-13-27(14-8-22)36-17-18-39-31(36)38/h1-3,5-6,9-12,20-22,27H,4,7-8,13-19,33H2,(H,35,37)/t22-,27-. The number of carbonyl (C=O) groups excluding carboxylic acids is 2. The lowest BCUT2D eigenvalue weighted by molar-refractivity contribution is -0.117. The van der Waals surface area contributed by atoms with Gasteiger partial charge in [0.2, 0.25) is 5.91 Å². The summed E-state index contributed by atoms with van der Waals surface area (Å²) in [7, 11) is 0. The van der Waals surface area contributed by atoms with Gasteiger partial charge in [-0.1, -0.05) is 54.6 Å². The number of anilines is 1. The topological polar surface area (TPSA) is 97.5 Å². The molecule has 0 spiro atoms. The van der Waals surface area contributed by atoms with E-state index in [0.717, 1.165) is 60.9 Å². The van der Waals surface area contributed by atoms with Crippen LogP contribution in [-0.4, -0.2) is 41.1 Å². The van der Waals surface area contributed by atoms with Gasteiger partial charge in [0, 0.05) is 29.1 Å². The maximum Gasteiger partial charge on any atom is 0.410 e. The molecule has 7 heteroatoms. The largest absolute Gasteiger partial charge is 0.448 e. The summed E-state index contributed by atoms with van der Waals surface area (Å²) >= 11 is 0. The van der Waals surface area contributed by atoms with Gasteiger partial charge in [-0.05, 0) is 68.1 Å². The molecule has 3 aromatic rings. The van der Waals surface area contributed by atoms with E-state index in [2.05, 4.69) is 41.7 Å². The van der Waals surface area contributed by atoms with Gasteiger partial charge < -0.3 is 20.7 Å². The van der Waals surface area contributed by atoms with Gasteiger partial charge in [0.05, 0.1) is 24.1 Å². The molecule has 3 aliphatic rings. The fourth-order valence-corrected chi connectivity index (χ4v) is 6.28. The Bertz CT molecular complexity index is 1330. The minimum Gasteiger partial charge on any atom is -0.448 e. The third-order valence-corrected chi connectivity index (χ3v) is 8.76. The van der Waals surface area contributed by atoms with Gasteiger partial charge in [0.1, 0.15) is 6.61 Å². The number of nitrogens with two attached hydrogens (primary N) is 1. The molecule has 0 unspecified atom stereocenters. The SMILES string of the molecule is NC1(c2ccc(-c3ncc(NC(=O)C[C@H]4CC[C@H](N5CCOC5=O)CC4)cc3-c3ccccc3)cc2)CCC1. The molecule has 3 N–H and O–H groups in total. The van der Waals surface area contributed by atoms with Crippen molar-refractivity contribution in [2.24, 2.45) is 11.7 Å². The van der Waals surface area contributed by atoms with Crippen molar-refractivity contribution < 1.29 is 14.3 Å². The molecule has 2 heterocycles. The fourth-order valence-electron chi connectivity index (χ4n) is 6.28. The Kier molecular flexibility index (Phi) is 7.09. The quantitative estimate of drug-likeness (QED) is 0.390. The van der Waals surface area contributed by atoms with Crippen molar-refractivity contribution in [3.05, 3.63) is 72.4 Å². The second kappa shape index (κ2) is 10.8. The molecule has 0 radical (unpaired) electrons. The molecule has 2 aliphatic carbocycles. The van der Waals surface area contributed by atoms with E-state index >= 15 is 0 Å². The Morgan fingerprint density at radius 1 is 1.03 bits per heavy atom. The first-order chi connectivity index (χ1) is 19.0. The van der Waals surface area contributed by atoms with Crippen LogP contribution in [0.4, 0.5) is 10.5 Å². The van der Waals surface area contributed by atoms with Crippen molar-refractivity contribution in [2.75, 3.05) is 18.5 Å². The summed E-state index contributed by atoms with van der Waals surface area (Å²) in [6.07, 6.45) is 8.99. The Morgan fingerprint density at radius 2 is 1.77 bits per heavy atom. The molecule has 3 fully saturated rings. The maximum atomic E-state index is 13.0. The third-order valence-electron chi connectivity index (χ3n) is 8.76. The molecule has 0 bridgehead atoms. The van der Waals surface area contributed by atoms with Crippen LogP contribution in [0.15, 0.2) is 66.9 Å². The molecule has 2 amide bonds. The first-order valence-corrected chi connectivity index (χ1v) is 14.2. The second-order valence-corrected chi connectivity index (χ2v) is 11.3. The van der Waals surface area contributed by atoms with E-state index in [4.69, 9.17) is 15.5 Å². The van der Waals surface area contributed by atoms with Crippen LogP contribution in [-0.2, 0) is 15.1 Å². The Hall–Kier alpha value is -3.71. The lowest BCUT2D eigenvalue weighted by Crippen LogP contribution is -2.43. The third kappa shape index (κ3) is 5.41. The van der Waals surface area contributed by atoms with Gasteiger partial charge in [-0.2, -0.15) is 0 Å². The van der Waals surface area contributed by atoms with Gasteiger partial charge >= 0.3 is 6.09 Å². The minimum atomic E-state index is -0.195. The number of amides is 2. The Morgan fingerprint density at radius 3 is 2.41 bits per heavy atom. The molecule has 1 aliphatic heterocycles. The smallest absolute Gasteiger partial charge is 0.410 e. The van der Waals surface area contributed by atoms with Crippen molar-refractivity contribution in [3.8, 4) is 22.4 Å². The molecule has 2 aromatic carbocycles. The van der Waals surface area contributed by atoms with E-state index in [1.807, 2.05) is 29.2 Å². The zero-order chi connectivity index (χ0) is 26.8. The summed E-state index contributed by atoms with van der Waals surface area (Å²) in [6.45, 7) is 1.16. The number of aromatic nitrogens is 1. The van der Waals surface area contributed by atoms with Gasteiger partial charge in [0.25, 0.3) is 0 Å². The molecule has 7 nitrogen and oxygen atoms in total. The van der Waals surface area contributed by atoms with Crippen molar-refractivity contribution >= 4 is 17.7 Å². The van der Waals surface area contributed by atoms with Gasteiger partial charge in [-0.25, -0.2) is 4.79 Å². The monoisotopic (exact) mass is 524 g/mol. The average Bonchev–Trinajstić information content (AvgIpc) is 3.38. The zero-order valence-electron chi connectivity index (χ0n) is 22.3. The van der Waals surface area contributed by atoms with E-state index in [0.29, 0.717) is 31.2 Å². The van der Waals surface area contributed by atoms with Gasteiger partial charge in [-0.3, -0.25) is 9.78 Å². The molecule has 2 saturated carbocycles. The number of benzene rings is 2. The van der Waals surface area contributed by atoms with Crippen molar-refractivity contribution in [2.45, 2.75) is 62.9 Å². The lowest BCUT2D eigenvalue weighted by Gasteiger charge is -2.38. The molecule has 1 aromatic heterocycles. The highest BCUT2D eigenvalue weighted by Gasteiger charge is 2.34. The van der Waals surface area contributed by atoms with Gasteiger partial charge in [-0.15, -0.1) is 0 Å². The first kappa shape index (κ1) is 25.6. The predicted octanol–water partition coefficient (Wildman–Crippen LogP) is 6.09. The molecular formula is C32H36N4O3. The number of cyclic esters (lactones) is 1. The van der Waals surface area contributed by atoms with E-state index in [1.54, 1.807) is 6.20 Å². The molecular weight excluding hydrogens is 488 g/mol. The summed E-state index contributed by atoms with van der Waals surface area (Å²) < 4.78 is 5.09. The van der Waals surface area contributed by atoms with E-state index in [1.165, 1.54) is 12.0 Å². The van der Waals surface area contributed by atoms with E-state index in [-0.39, 0.29) is 23.6 Å². The molecule has 202 valence electrons. The molecule has 39 heavy (non-hydrogen) atoms. The summed E-state index contributed by atoms with van der Waals surface area (Å²) in [5.74, 6) is 0.325. The van der Waals surface area contributed by atoms with Gasteiger partial charge in [0.15, 0.2) is 0 Å². The fraction of sp³-hybridized carbons (Fsp3) is 0.406. The summed E-state index contributed by atoms with van der Waals surface area (Å²) in [5.41, 5.74) is 12.1. The number of carbonyl (C=O) groups is 2. The molecule has 1 saturated heterocycles. The average molecular weight is 525 g/mol. The van der Waals surface area contributed by atoms with Crippen molar-refractivity contribution in [1.29, 1.82) is 0 Å². The van der Waals surface area contributed by atoms with Crippen LogP contribution in [0.5, 0.6) is 0 Å². The van der Waals surface area contributed by atoms with Crippen LogP contribution < -0.4 is 11.1 Å². The summed E-state index contributed by atoms with van der Waals surface area (Å²) in [4.78, 5) is 31.5. The van der Waals surface area contributed by atoms with Crippen LogP contribution in [0.3, 0.4) is 0 Å². The minimum absolute atomic E-state index is 0.00527. The van der Waals surface area contributed by atoms with Crippen LogP contribution in [0, 0.1) is 5.92 Å². The number of hydrogen-bond donors (Lipinski definition) is 2. The van der Waals surface area contributed by atoms with E-state index in [9.17, 15) is 9.59 Å². The number of ether oxygens (including phenoxy) is 1. The number of pyridine rings is 1. The number of hydrogen-bond acceptors (Lipinski definition) is 5. The highest BCUT2D eigenvalue weighted by atomic mass is 16.6. The van der Waals surface area contributed by atoms with Crippen LogP contribution in [0.2, 0.25) is 0 Å².